The van der Waals surface area contributed by atoms with Crippen LogP contribution in [0, 0.1) is 0 Å². The highest BCUT2D eigenvalue weighted by atomic mass is 32.1. The molecule has 0 radical (unpaired) electrons. The third kappa shape index (κ3) is 2.95. The Morgan fingerprint density at radius 2 is 2.10 bits per heavy atom. The first-order valence-corrected chi connectivity index (χ1v) is 7.80. The van der Waals surface area contributed by atoms with E-state index in [0.717, 1.165) is 11.3 Å². The fraction of sp³-hybridized carbons (Fsp3) is 0.176. The first-order chi connectivity index (χ1) is 10.3. The zero-order chi connectivity index (χ0) is 14.7. The Morgan fingerprint density at radius 1 is 1.19 bits per heavy atom. The van der Waals surface area contributed by atoms with Crippen LogP contribution < -0.4 is 10.1 Å². The van der Waals surface area contributed by atoms with Crippen molar-refractivity contribution in [2.24, 2.45) is 0 Å². The molecule has 0 aliphatic heterocycles. The maximum absolute atomic E-state index is 10.2. The van der Waals surface area contributed by atoms with E-state index >= 15 is 0 Å². The molecule has 2 aromatic carbocycles. The molecule has 0 aliphatic rings. The van der Waals surface area contributed by atoms with Gasteiger partial charge in [-0.05, 0) is 48.0 Å². The second-order valence-electron chi connectivity index (χ2n) is 4.72. The summed E-state index contributed by atoms with van der Waals surface area (Å²) >= 11 is 1.74. The van der Waals surface area contributed by atoms with Crippen molar-refractivity contribution in [3.63, 3.8) is 0 Å². The van der Waals surface area contributed by atoms with Crippen molar-refractivity contribution in [1.82, 2.24) is 0 Å². The lowest BCUT2D eigenvalue weighted by molar-refractivity contribution is 0.317. The summed E-state index contributed by atoms with van der Waals surface area (Å²) in [5.74, 6) is 0.744. The second-order valence-corrected chi connectivity index (χ2v) is 5.67. The van der Waals surface area contributed by atoms with Gasteiger partial charge in [-0.3, -0.25) is 0 Å². The lowest BCUT2D eigenvalue weighted by atomic mass is 10.1. The molecule has 3 aromatic rings. The van der Waals surface area contributed by atoms with E-state index in [9.17, 15) is 5.11 Å². The number of hydrogen-bond donors (Lipinski definition) is 2. The van der Waals surface area contributed by atoms with Gasteiger partial charge in [0.15, 0.2) is 11.5 Å². The first-order valence-electron chi connectivity index (χ1n) is 6.92. The topological polar surface area (TPSA) is 41.5 Å². The number of hydrogen-bond acceptors (Lipinski definition) is 4. The van der Waals surface area contributed by atoms with Crippen LogP contribution >= 0.6 is 11.3 Å². The average Bonchev–Trinajstić information content (AvgIpc) is 2.96. The quantitative estimate of drug-likeness (QED) is 0.722. The number of anilines is 1. The lowest BCUT2D eigenvalue weighted by Crippen LogP contribution is -2.01. The van der Waals surface area contributed by atoms with Gasteiger partial charge in [0.25, 0.3) is 0 Å². The molecular formula is C17H17NO2S. The molecule has 1 aromatic heterocycles. The van der Waals surface area contributed by atoms with Crippen molar-refractivity contribution >= 4 is 27.1 Å². The third-order valence-corrected chi connectivity index (χ3v) is 4.22. The maximum Gasteiger partial charge on any atom is 0.162 e. The number of nitrogens with one attached hydrogen (secondary N) is 1. The molecule has 0 saturated heterocycles. The van der Waals surface area contributed by atoms with E-state index in [1.807, 2.05) is 19.1 Å². The highest BCUT2D eigenvalue weighted by molar-refractivity contribution is 7.17. The smallest absolute Gasteiger partial charge is 0.162 e. The number of rotatable bonds is 5. The second kappa shape index (κ2) is 6.06. The minimum atomic E-state index is 0.212. The van der Waals surface area contributed by atoms with E-state index in [4.69, 9.17) is 4.74 Å². The molecule has 0 aliphatic carbocycles. The van der Waals surface area contributed by atoms with Crippen LogP contribution in [0.5, 0.6) is 11.5 Å². The molecule has 2 N–H and O–H groups in total. The van der Waals surface area contributed by atoms with E-state index in [2.05, 4.69) is 35.0 Å². The van der Waals surface area contributed by atoms with Crippen LogP contribution in [0.3, 0.4) is 0 Å². The van der Waals surface area contributed by atoms with Crippen molar-refractivity contribution in [1.29, 1.82) is 0 Å². The molecule has 0 atom stereocenters. The first kappa shape index (κ1) is 13.8. The van der Waals surface area contributed by atoms with Gasteiger partial charge in [0, 0.05) is 22.5 Å². The number of phenolic OH excluding ortho intramolecular Hbond substituents is 1. The third-order valence-electron chi connectivity index (χ3n) is 3.32. The molecule has 0 unspecified atom stereocenters. The van der Waals surface area contributed by atoms with Gasteiger partial charge in [-0.15, -0.1) is 11.3 Å². The van der Waals surface area contributed by atoms with Gasteiger partial charge >= 0.3 is 0 Å². The van der Waals surface area contributed by atoms with Gasteiger partial charge in [0.1, 0.15) is 0 Å². The van der Waals surface area contributed by atoms with E-state index in [1.165, 1.54) is 10.1 Å². The van der Waals surface area contributed by atoms with Gasteiger partial charge in [-0.2, -0.15) is 0 Å². The lowest BCUT2D eigenvalue weighted by Gasteiger charge is -2.11. The number of phenols is 1. The predicted molar refractivity (Wildman–Crippen MR) is 88.4 cm³/mol. The summed E-state index contributed by atoms with van der Waals surface area (Å²) in [6.45, 7) is 3.00. The fourth-order valence-electron chi connectivity index (χ4n) is 2.26. The highest BCUT2D eigenvalue weighted by Crippen LogP contribution is 2.30. The van der Waals surface area contributed by atoms with Gasteiger partial charge in [0.05, 0.1) is 6.61 Å². The van der Waals surface area contributed by atoms with E-state index in [1.54, 1.807) is 17.4 Å². The molecule has 21 heavy (non-hydrogen) atoms. The minimum absolute atomic E-state index is 0.212. The van der Waals surface area contributed by atoms with Crippen LogP contribution in [0.4, 0.5) is 5.69 Å². The normalized spacial score (nSPS) is 10.7. The zero-order valence-corrected chi connectivity index (χ0v) is 12.6. The number of thiophene rings is 1. The minimum Gasteiger partial charge on any atom is -0.504 e. The molecule has 0 saturated carbocycles. The Hall–Kier alpha value is -2.20. The van der Waals surface area contributed by atoms with Crippen LogP contribution in [0.1, 0.15) is 12.5 Å². The largest absolute Gasteiger partial charge is 0.504 e. The summed E-state index contributed by atoms with van der Waals surface area (Å²) in [5, 5.41) is 16.8. The summed E-state index contributed by atoms with van der Waals surface area (Å²) in [5.41, 5.74) is 1.87. The van der Waals surface area contributed by atoms with Crippen LogP contribution in [0.15, 0.2) is 47.8 Å². The average molecular weight is 299 g/mol. The van der Waals surface area contributed by atoms with Crippen molar-refractivity contribution in [3.8, 4) is 11.5 Å². The number of aromatic hydroxyl groups is 1. The van der Waals surface area contributed by atoms with Crippen LogP contribution in [-0.4, -0.2) is 11.7 Å². The molecule has 1 heterocycles. The Bertz CT molecular complexity index is 751. The number of fused-ring (bicyclic) bond motifs is 1. The Kier molecular flexibility index (Phi) is 3.97. The van der Waals surface area contributed by atoms with Crippen molar-refractivity contribution in [2.45, 2.75) is 13.5 Å². The summed E-state index contributed by atoms with van der Waals surface area (Å²) in [4.78, 5) is 0. The van der Waals surface area contributed by atoms with Crippen LogP contribution in [0.2, 0.25) is 0 Å². The Morgan fingerprint density at radius 3 is 2.95 bits per heavy atom. The monoisotopic (exact) mass is 299 g/mol. The summed E-state index contributed by atoms with van der Waals surface area (Å²) in [6, 6.07) is 14.0. The Labute approximate surface area is 127 Å². The van der Waals surface area contributed by atoms with Crippen molar-refractivity contribution in [2.75, 3.05) is 11.9 Å². The van der Waals surface area contributed by atoms with Crippen molar-refractivity contribution < 1.29 is 9.84 Å². The molecule has 108 valence electrons. The van der Waals surface area contributed by atoms with Gasteiger partial charge in [0.2, 0.25) is 0 Å². The van der Waals surface area contributed by atoms with Crippen molar-refractivity contribution in [3.05, 3.63) is 53.4 Å². The number of benzene rings is 2. The molecule has 3 rings (SSSR count). The molecule has 0 spiro atoms. The van der Waals surface area contributed by atoms with Gasteiger partial charge < -0.3 is 15.2 Å². The number of ether oxygens (including phenoxy) is 1. The van der Waals surface area contributed by atoms with Gasteiger partial charge in [-0.25, -0.2) is 0 Å². The standard InChI is InChI=1S/C17H17NO2S/c1-2-20-15-5-3-4-13(17(15)19)11-18-14-6-7-16-12(10-14)8-9-21-16/h3-10,18-19H,2,11H2,1H3. The fourth-order valence-corrected chi connectivity index (χ4v) is 3.03. The molecule has 0 bridgehead atoms. The zero-order valence-electron chi connectivity index (χ0n) is 11.8. The summed E-state index contributed by atoms with van der Waals surface area (Å²) in [6.07, 6.45) is 0. The van der Waals surface area contributed by atoms with Crippen LogP contribution in [0.25, 0.3) is 10.1 Å². The summed E-state index contributed by atoms with van der Waals surface area (Å²) in [7, 11) is 0. The maximum atomic E-state index is 10.2. The molecule has 0 amide bonds. The molecule has 0 fully saturated rings. The van der Waals surface area contributed by atoms with Crippen LogP contribution in [-0.2, 0) is 6.54 Å². The summed E-state index contributed by atoms with van der Waals surface area (Å²) < 4.78 is 6.68. The van der Waals surface area contributed by atoms with E-state index < -0.39 is 0 Å². The van der Waals surface area contributed by atoms with Gasteiger partial charge in [-0.1, -0.05) is 12.1 Å². The Balaban J connectivity index is 1.76. The number of para-hydroxylation sites is 1. The highest BCUT2D eigenvalue weighted by Gasteiger charge is 2.07. The molecule has 4 heteroatoms. The predicted octanol–water partition coefficient (Wildman–Crippen LogP) is 4.62. The molecular weight excluding hydrogens is 282 g/mol. The molecule has 3 nitrogen and oxygen atoms in total. The van der Waals surface area contributed by atoms with E-state index in [-0.39, 0.29) is 5.75 Å². The SMILES string of the molecule is CCOc1cccc(CNc2ccc3sccc3c2)c1O. The van der Waals surface area contributed by atoms with E-state index in [0.29, 0.717) is 18.9 Å².